The second-order valence-electron chi connectivity index (χ2n) is 5.68. The number of benzene rings is 2. The van der Waals surface area contributed by atoms with Crippen LogP contribution in [0.2, 0.25) is 5.02 Å². The normalized spacial score (nSPS) is 10.7. The van der Waals surface area contributed by atoms with E-state index in [2.05, 4.69) is 4.98 Å². The van der Waals surface area contributed by atoms with Crippen molar-refractivity contribution in [2.45, 2.75) is 0 Å². The van der Waals surface area contributed by atoms with Gasteiger partial charge in [-0.25, -0.2) is 9.78 Å². The number of hydrogen-bond donors (Lipinski definition) is 2. The van der Waals surface area contributed by atoms with Crippen LogP contribution in [0.3, 0.4) is 0 Å². The zero-order valence-corrected chi connectivity index (χ0v) is 14.8. The van der Waals surface area contributed by atoms with Gasteiger partial charge in [-0.05, 0) is 23.8 Å². The van der Waals surface area contributed by atoms with Crippen molar-refractivity contribution in [3.63, 3.8) is 0 Å². The van der Waals surface area contributed by atoms with Crippen molar-refractivity contribution in [2.24, 2.45) is 0 Å². The molecule has 3 aromatic rings. The topological polar surface area (TPSA) is 82.9 Å². The zero-order valence-electron chi connectivity index (χ0n) is 14.0. The molecule has 0 aliphatic rings. The number of likely N-dealkylation sites (N-methyl/N-ethyl adjacent to an activating group) is 1. The summed E-state index contributed by atoms with van der Waals surface area (Å²) in [6.07, 6.45) is -1.44. The Balaban J connectivity index is 2.40. The number of carboxylic acid groups (broad SMARTS) is 1. The van der Waals surface area contributed by atoms with E-state index in [0.29, 0.717) is 27.3 Å². The minimum absolute atomic E-state index is 0.106. The number of carbonyl (C=O) groups is 1. The second kappa shape index (κ2) is 7.59. The Kier molecular flexibility index (Phi) is 5.25. The first-order valence-electron chi connectivity index (χ1n) is 7.92. The van der Waals surface area contributed by atoms with Crippen molar-refractivity contribution in [1.29, 1.82) is 0 Å². The van der Waals surface area contributed by atoms with Gasteiger partial charge in [0.1, 0.15) is 0 Å². The van der Waals surface area contributed by atoms with Crippen LogP contribution in [-0.2, 0) is 0 Å². The Bertz CT molecular complexity index is 947. The van der Waals surface area contributed by atoms with E-state index in [0.717, 1.165) is 5.56 Å². The minimum atomic E-state index is -1.44. The van der Waals surface area contributed by atoms with E-state index in [1.807, 2.05) is 30.3 Å². The smallest absolute Gasteiger partial charge is 0.449 e. The van der Waals surface area contributed by atoms with Crippen molar-refractivity contribution in [3.8, 4) is 16.9 Å². The van der Waals surface area contributed by atoms with Gasteiger partial charge in [-0.3, -0.25) is 0 Å². The summed E-state index contributed by atoms with van der Waals surface area (Å²) in [6, 6.07) is 14.5. The number of nitrogens with zero attached hydrogens (tertiary/aromatic N) is 2. The molecule has 0 radical (unpaired) electrons. The van der Waals surface area contributed by atoms with Gasteiger partial charge in [0.2, 0.25) is 0 Å². The lowest BCUT2D eigenvalue weighted by molar-refractivity contribution is 0.144. The van der Waals surface area contributed by atoms with Crippen molar-refractivity contribution in [3.05, 3.63) is 53.6 Å². The Morgan fingerprint density at radius 3 is 2.62 bits per heavy atom. The van der Waals surface area contributed by atoms with Gasteiger partial charge in [-0.2, -0.15) is 0 Å². The molecule has 2 N–H and O–H groups in total. The summed E-state index contributed by atoms with van der Waals surface area (Å²) in [4.78, 5) is 17.5. The molecule has 134 valence electrons. The number of fused-ring (bicyclic) bond motifs is 1. The average Bonchev–Trinajstić information content (AvgIpc) is 2.61. The first-order chi connectivity index (χ1) is 12.5. The van der Waals surface area contributed by atoms with Gasteiger partial charge < -0.3 is 19.8 Å². The summed E-state index contributed by atoms with van der Waals surface area (Å²) in [5.74, 6) is 0.435. The Morgan fingerprint density at radius 2 is 1.96 bits per heavy atom. The highest BCUT2D eigenvalue weighted by Crippen LogP contribution is 2.42. The summed E-state index contributed by atoms with van der Waals surface area (Å²) >= 11 is 6.16. The fourth-order valence-electron chi connectivity index (χ4n) is 2.79. The highest BCUT2D eigenvalue weighted by atomic mass is 35.5. The molecule has 6 nitrogen and oxygen atoms in total. The van der Waals surface area contributed by atoms with Crippen LogP contribution in [0.4, 0.5) is 10.6 Å². The van der Waals surface area contributed by atoms with E-state index in [-0.39, 0.29) is 18.9 Å². The Morgan fingerprint density at radius 1 is 1.23 bits per heavy atom. The molecule has 0 bridgehead atoms. The predicted octanol–water partition coefficient (Wildman–Crippen LogP) is 4.04. The maximum Gasteiger partial charge on any atom is 0.511 e. The molecule has 0 saturated carbocycles. The van der Waals surface area contributed by atoms with Gasteiger partial charge in [0.25, 0.3) is 0 Å². The molecular formula is C19H17ClN2O4. The van der Waals surface area contributed by atoms with Crippen LogP contribution in [-0.4, -0.2) is 41.6 Å². The van der Waals surface area contributed by atoms with Crippen LogP contribution in [0.5, 0.6) is 5.75 Å². The number of aliphatic hydroxyl groups excluding tert-OH is 1. The molecule has 3 rings (SSSR count). The molecule has 1 heterocycles. The lowest BCUT2D eigenvalue weighted by atomic mass is 9.99. The first kappa shape index (κ1) is 18.0. The van der Waals surface area contributed by atoms with Crippen molar-refractivity contribution >= 4 is 34.5 Å². The molecule has 0 fully saturated rings. The average molecular weight is 373 g/mol. The molecular weight excluding hydrogens is 356 g/mol. The van der Waals surface area contributed by atoms with E-state index < -0.39 is 6.16 Å². The maximum absolute atomic E-state index is 11.3. The molecule has 0 unspecified atom stereocenters. The fraction of sp³-hybridized carbons (Fsp3) is 0.158. The second-order valence-corrected chi connectivity index (χ2v) is 6.12. The molecule has 0 spiro atoms. The molecule has 0 amide bonds. The third-order valence-corrected chi connectivity index (χ3v) is 4.17. The van der Waals surface area contributed by atoms with Gasteiger partial charge in [0, 0.05) is 29.6 Å². The van der Waals surface area contributed by atoms with E-state index in [1.54, 1.807) is 30.1 Å². The van der Waals surface area contributed by atoms with Crippen LogP contribution < -0.4 is 9.64 Å². The molecule has 26 heavy (non-hydrogen) atoms. The Hall–Kier alpha value is -2.83. The monoisotopic (exact) mass is 372 g/mol. The summed E-state index contributed by atoms with van der Waals surface area (Å²) in [5, 5.41) is 19.7. The quantitative estimate of drug-likeness (QED) is 0.658. The number of halogens is 1. The van der Waals surface area contributed by atoms with Crippen LogP contribution in [0, 0.1) is 0 Å². The summed E-state index contributed by atoms with van der Waals surface area (Å²) in [7, 11) is 1.71. The standard InChI is InChI=1S/C19H17ClN2O4/c1-22(9-10-23)18-17(26-19(24)25)16(12-5-3-2-4-6-12)14-11-13(20)7-8-15(14)21-18/h2-8,11,23H,9-10H2,1H3,(H,24,25). The van der Waals surface area contributed by atoms with Crippen molar-refractivity contribution < 1.29 is 19.7 Å². The minimum Gasteiger partial charge on any atom is -0.449 e. The lowest BCUT2D eigenvalue weighted by Gasteiger charge is -2.22. The lowest BCUT2D eigenvalue weighted by Crippen LogP contribution is -2.24. The zero-order chi connectivity index (χ0) is 18.7. The largest absolute Gasteiger partial charge is 0.511 e. The number of ether oxygens (including phenoxy) is 1. The fourth-order valence-corrected chi connectivity index (χ4v) is 2.97. The van der Waals surface area contributed by atoms with E-state index in [4.69, 9.17) is 16.3 Å². The van der Waals surface area contributed by atoms with Crippen LogP contribution in [0.1, 0.15) is 0 Å². The number of aliphatic hydroxyl groups is 1. The van der Waals surface area contributed by atoms with Crippen molar-refractivity contribution in [2.75, 3.05) is 25.1 Å². The third-order valence-electron chi connectivity index (χ3n) is 3.93. The molecule has 2 aromatic carbocycles. The van der Waals surface area contributed by atoms with Gasteiger partial charge >= 0.3 is 6.16 Å². The Labute approximate surface area is 155 Å². The molecule has 0 aliphatic heterocycles. The van der Waals surface area contributed by atoms with Gasteiger partial charge in [-0.1, -0.05) is 41.9 Å². The number of aromatic nitrogens is 1. The molecule has 7 heteroatoms. The summed E-state index contributed by atoms with van der Waals surface area (Å²) in [5.41, 5.74) is 2.00. The van der Waals surface area contributed by atoms with E-state index in [9.17, 15) is 15.0 Å². The highest BCUT2D eigenvalue weighted by Gasteiger charge is 2.23. The first-order valence-corrected chi connectivity index (χ1v) is 8.30. The maximum atomic E-state index is 11.3. The van der Waals surface area contributed by atoms with Gasteiger partial charge in [-0.15, -0.1) is 0 Å². The van der Waals surface area contributed by atoms with Crippen molar-refractivity contribution in [1.82, 2.24) is 4.98 Å². The van der Waals surface area contributed by atoms with Gasteiger partial charge in [0.05, 0.1) is 12.1 Å². The number of anilines is 1. The van der Waals surface area contributed by atoms with Gasteiger partial charge in [0.15, 0.2) is 11.6 Å². The number of rotatable bonds is 5. The number of pyridine rings is 1. The predicted molar refractivity (Wildman–Crippen MR) is 101 cm³/mol. The molecule has 0 saturated heterocycles. The highest BCUT2D eigenvalue weighted by molar-refractivity contribution is 6.31. The van der Waals surface area contributed by atoms with Crippen LogP contribution in [0.25, 0.3) is 22.0 Å². The number of hydrogen-bond acceptors (Lipinski definition) is 5. The summed E-state index contributed by atoms with van der Waals surface area (Å²) < 4.78 is 5.13. The third kappa shape index (κ3) is 3.56. The summed E-state index contributed by atoms with van der Waals surface area (Å²) in [6.45, 7) is 0.167. The van der Waals surface area contributed by atoms with Crippen LogP contribution >= 0.6 is 11.6 Å². The van der Waals surface area contributed by atoms with E-state index >= 15 is 0 Å². The van der Waals surface area contributed by atoms with Crippen LogP contribution in [0.15, 0.2) is 48.5 Å². The SMILES string of the molecule is CN(CCO)c1nc2ccc(Cl)cc2c(-c2ccccc2)c1OC(=O)O. The molecule has 1 aromatic heterocycles. The van der Waals surface area contributed by atoms with E-state index in [1.165, 1.54) is 0 Å². The molecule has 0 atom stereocenters. The molecule has 0 aliphatic carbocycles.